The Kier molecular flexibility index (Phi) is 9.88. The van der Waals surface area contributed by atoms with E-state index in [1.54, 1.807) is 32.2 Å². The Morgan fingerprint density at radius 1 is 1.19 bits per heavy atom. The van der Waals surface area contributed by atoms with Crippen LogP contribution < -0.4 is 19.5 Å². The first-order valence-corrected chi connectivity index (χ1v) is 14.3. The molecule has 198 valence electrons. The quantitative estimate of drug-likeness (QED) is 0.413. The number of ether oxygens (including phenoxy) is 2. The second kappa shape index (κ2) is 12.5. The molecule has 2 aromatic carbocycles. The third-order valence-electron chi connectivity index (χ3n) is 5.92. The molecule has 36 heavy (non-hydrogen) atoms. The molecule has 11 heteroatoms. The number of carbonyl (C=O) groups excluding carboxylic acids is 1. The molecule has 3 rings (SSSR count). The predicted octanol–water partition coefficient (Wildman–Crippen LogP) is 5.26. The molecule has 1 atom stereocenters. The first-order valence-electron chi connectivity index (χ1n) is 11.9. The van der Waals surface area contributed by atoms with Crippen LogP contribution in [0.4, 0.5) is 5.69 Å². The van der Waals surface area contributed by atoms with Gasteiger partial charge in [-0.3, -0.25) is 9.69 Å². The minimum atomic E-state index is -3.29. The Morgan fingerprint density at radius 3 is 2.50 bits per heavy atom. The van der Waals surface area contributed by atoms with Gasteiger partial charge in [0, 0.05) is 23.8 Å². The number of piperidine rings is 1. The summed E-state index contributed by atoms with van der Waals surface area (Å²) in [6.07, 6.45) is 1.55. The van der Waals surface area contributed by atoms with Crippen LogP contribution in [0, 0.1) is 0 Å². The van der Waals surface area contributed by atoms with Gasteiger partial charge in [0.1, 0.15) is 11.5 Å². The Morgan fingerprint density at radius 2 is 1.89 bits per heavy atom. The highest BCUT2D eigenvalue weighted by Gasteiger charge is 2.25. The number of likely N-dealkylation sites (tertiary alicyclic amines) is 1. The minimum Gasteiger partial charge on any atom is -0.496 e. The first kappa shape index (κ1) is 28.5. The lowest BCUT2D eigenvalue weighted by Gasteiger charge is -2.32. The first-order chi connectivity index (χ1) is 17.0. The molecule has 1 fully saturated rings. The Hall–Kier alpha value is -2.04. The molecule has 1 aliphatic rings. The zero-order valence-corrected chi connectivity index (χ0v) is 23.3. The summed E-state index contributed by atoms with van der Waals surface area (Å²) in [5.74, 6) is 1.65. The van der Waals surface area contributed by atoms with Crippen LogP contribution in [0.25, 0.3) is 0 Å². The summed E-state index contributed by atoms with van der Waals surface area (Å²) in [6.45, 7) is 7.04. The predicted molar refractivity (Wildman–Crippen MR) is 144 cm³/mol. The van der Waals surface area contributed by atoms with E-state index in [1.807, 2.05) is 17.0 Å². The van der Waals surface area contributed by atoms with E-state index in [4.69, 9.17) is 32.7 Å². The SMILES string of the molecule is CCS(=O)(=O)N[C@@H]1CCCN(CC(=O)Nc2cc(Cl)c(Oc3ccc(OC)c(C(C)C)c3)c(Cl)c2)C1. The molecule has 2 aromatic rings. The molecule has 0 radical (unpaired) electrons. The number of anilines is 1. The number of nitrogens with zero attached hydrogens (tertiary/aromatic N) is 1. The summed E-state index contributed by atoms with van der Waals surface area (Å²) in [5, 5.41) is 3.33. The maximum atomic E-state index is 12.7. The monoisotopic (exact) mass is 557 g/mol. The van der Waals surface area contributed by atoms with Gasteiger partial charge in [-0.15, -0.1) is 0 Å². The number of sulfonamides is 1. The van der Waals surface area contributed by atoms with Crippen molar-refractivity contribution in [2.24, 2.45) is 0 Å². The van der Waals surface area contributed by atoms with Crippen molar-refractivity contribution >= 4 is 44.8 Å². The average Bonchev–Trinajstić information content (AvgIpc) is 2.81. The van der Waals surface area contributed by atoms with Crippen molar-refractivity contribution in [1.82, 2.24) is 9.62 Å². The van der Waals surface area contributed by atoms with E-state index in [-0.39, 0.29) is 40.2 Å². The molecule has 1 aliphatic heterocycles. The third-order valence-corrected chi connectivity index (χ3v) is 7.94. The van der Waals surface area contributed by atoms with Crippen molar-refractivity contribution in [3.63, 3.8) is 0 Å². The summed E-state index contributed by atoms with van der Waals surface area (Å²) in [6, 6.07) is 8.47. The van der Waals surface area contributed by atoms with Gasteiger partial charge in [-0.2, -0.15) is 0 Å². The second-order valence-electron chi connectivity index (χ2n) is 9.07. The molecule has 0 aliphatic carbocycles. The van der Waals surface area contributed by atoms with Crippen LogP contribution in [0.15, 0.2) is 30.3 Å². The lowest BCUT2D eigenvalue weighted by molar-refractivity contribution is -0.117. The largest absolute Gasteiger partial charge is 0.496 e. The number of methoxy groups -OCH3 is 1. The van der Waals surface area contributed by atoms with E-state index in [2.05, 4.69) is 23.9 Å². The van der Waals surface area contributed by atoms with Gasteiger partial charge in [0.15, 0.2) is 5.75 Å². The Balaban J connectivity index is 1.64. The van der Waals surface area contributed by atoms with Crippen molar-refractivity contribution < 1.29 is 22.7 Å². The van der Waals surface area contributed by atoms with Gasteiger partial charge in [0.05, 0.1) is 29.5 Å². The third kappa shape index (κ3) is 7.73. The number of carbonyl (C=O) groups is 1. The van der Waals surface area contributed by atoms with Gasteiger partial charge in [-0.1, -0.05) is 37.0 Å². The van der Waals surface area contributed by atoms with E-state index in [9.17, 15) is 13.2 Å². The fourth-order valence-electron chi connectivity index (χ4n) is 4.11. The maximum Gasteiger partial charge on any atom is 0.238 e. The summed E-state index contributed by atoms with van der Waals surface area (Å²) in [4.78, 5) is 14.6. The second-order valence-corrected chi connectivity index (χ2v) is 11.9. The molecular formula is C25H33Cl2N3O5S. The fraction of sp³-hybridized carbons (Fsp3) is 0.480. The zero-order chi connectivity index (χ0) is 26.5. The number of benzene rings is 2. The number of amides is 1. The highest BCUT2D eigenvalue weighted by atomic mass is 35.5. The van der Waals surface area contributed by atoms with E-state index in [0.717, 1.165) is 24.2 Å². The van der Waals surface area contributed by atoms with E-state index in [1.165, 1.54) is 0 Å². The van der Waals surface area contributed by atoms with Gasteiger partial charge in [-0.05, 0) is 62.6 Å². The standard InChI is InChI=1S/C25H33Cl2N3O5S/c1-5-36(32,33)29-17-7-6-10-30(14-17)15-24(31)28-18-11-21(26)25(22(27)12-18)35-19-8-9-23(34-4)20(13-19)16(2)3/h8-9,11-13,16-17,29H,5-7,10,14-15H2,1-4H3,(H,28,31)/t17-/m1/s1. The molecule has 2 N–H and O–H groups in total. The maximum absolute atomic E-state index is 12.7. The number of nitrogens with one attached hydrogen (secondary N) is 2. The van der Waals surface area contributed by atoms with Gasteiger partial charge in [-0.25, -0.2) is 13.1 Å². The number of hydrogen-bond donors (Lipinski definition) is 2. The van der Waals surface area contributed by atoms with Crippen LogP contribution in [0.3, 0.4) is 0 Å². The minimum absolute atomic E-state index is 0.0303. The molecule has 0 saturated carbocycles. The summed E-state index contributed by atoms with van der Waals surface area (Å²) < 4.78 is 37.8. The van der Waals surface area contributed by atoms with E-state index < -0.39 is 10.0 Å². The molecule has 8 nitrogen and oxygen atoms in total. The molecular weight excluding hydrogens is 525 g/mol. The zero-order valence-electron chi connectivity index (χ0n) is 20.9. The molecule has 1 amide bonds. The van der Waals surface area contributed by atoms with Crippen molar-refractivity contribution in [3.8, 4) is 17.2 Å². The van der Waals surface area contributed by atoms with Crippen LogP contribution in [-0.4, -0.2) is 57.8 Å². The summed E-state index contributed by atoms with van der Waals surface area (Å²) >= 11 is 12.9. The van der Waals surface area contributed by atoms with Gasteiger partial charge in [0.2, 0.25) is 15.9 Å². The summed E-state index contributed by atoms with van der Waals surface area (Å²) in [7, 11) is -1.67. The number of halogens is 2. The Labute approximate surface area is 223 Å². The van der Waals surface area contributed by atoms with Gasteiger partial charge in [0.25, 0.3) is 0 Å². The molecule has 0 spiro atoms. The molecule has 0 aromatic heterocycles. The van der Waals surface area contributed by atoms with Crippen molar-refractivity contribution in [2.75, 3.05) is 37.8 Å². The van der Waals surface area contributed by atoms with E-state index >= 15 is 0 Å². The number of rotatable bonds is 10. The normalized spacial score (nSPS) is 16.7. The summed E-state index contributed by atoms with van der Waals surface area (Å²) in [5.41, 5.74) is 1.44. The van der Waals surface area contributed by atoms with Crippen molar-refractivity contribution in [3.05, 3.63) is 45.9 Å². The number of hydrogen-bond acceptors (Lipinski definition) is 6. The highest BCUT2D eigenvalue weighted by molar-refractivity contribution is 7.89. The molecule has 1 saturated heterocycles. The van der Waals surface area contributed by atoms with Crippen molar-refractivity contribution in [2.45, 2.75) is 45.6 Å². The Bertz CT molecular complexity index is 1170. The van der Waals surface area contributed by atoms with Crippen molar-refractivity contribution in [1.29, 1.82) is 0 Å². The van der Waals surface area contributed by atoms with Crippen LogP contribution >= 0.6 is 23.2 Å². The van der Waals surface area contributed by atoms with E-state index in [0.29, 0.717) is 30.3 Å². The van der Waals surface area contributed by atoms with Gasteiger partial charge >= 0.3 is 0 Å². The lowest BCUT2D eigenvalue weighted by Crippen LogP contribution is -2.49. The van der Waals surface area contributed by atoms with Crippen LogP contribution in [0.1, 0.15) is 45.1 Å². The molecule has 0 unspecified atom stereocenters. The van der Waals surface area contributed by atoms with Crippen LogP contribution in [0.2, 0.25) is 10.0 Å². The lowest BCUT2D eigenvalue weighted by atomic mass is 10.0. The average molecular weight is 559 g/mol. The fourth-order valence-corrected chi connectivity index (χ4v) is 5.54. The smallest absolute Gasteiger partial charge is 0.238 e. The van der Waals surface area contributed by atoms with Crippen LogP contribution in [0.5, 0.6) is 17.2 Å². The van der Waals surface area contributed by atoms with Gasteiger partial charge < -0.3 is 14.8 Å². The topological polar surface area (TPSA) is 97.0 Å². The highest BCUT2D eigenvalue weighted by Crippen LogP contribution is 2.40. The van der Waals surface area contributed by atoms with Crippen LogP contribution in [-0.2, 0) is 14.8 Å². The molecule has 1 heterocycles. The molecule has 0 bridgehead atoms.